The van der Waals surface area contributed by atoms with Crippen LogP contribution in [0, 0.1) is 0 Å². The number of amides is 1. The Morgan fingerprint density at radius 2 is 1.89 bits per heavy atom. The zero-order valence-corrected chi connectivity index (χ0v) is 15.6. The lowest BCUT2D eigenvalue weighted by molar-refractivity contribution is 0.0780. The molecule has 140 valence electrons. The third-order valence-corrected chi connectivity index (χ3v) is 4.40. The van der Waals surface area contributed by atoms with Crippen LogP contribution in [0.4, 0.5) is 5.82 Å². The highest BCUT2D eigenvalue weighted by Gasteiger charge is 2.22. The van der Waals surface area contributed by atoms with E-state index in [1.807, 2.05) is 30.3 Å². The Bertz CT molecular complexity index is 1160. The zero-order valence-electron chi connectivity index (χ0n) is 14.8. The molecule has 0 aliphatic rings. The van der Waals surface area contributed by atoms with Crippen molar-refractivity contribution in [3.63, 3.8) is 0 Å². The van der Waals surface area contributed by atoms with Gasteiger partial charge < -0.3 is 10.6 Å². The monoisotopic (exact) mass is 394 g/mol. The number of anilines is 1. The first-order valence-electron chi connectivity index (χ1n) is 8.32. The summed E-state index contributed by atoms with van der Waals surface area (Å²) < 4.78 is 0. The highest BCUT2D eigenvalue weighted by Crippen LogP contribution is 2.21. The van der Waals surface area contributed by atoms with E-state index in [2.05, 4.69) is 25.1 Å². The zero-order chi connectivity index (χ0) is 19.7. The summed E-state index contributed by atoms with van der Waals surface area (Å²) in [5, 5.41) is 8.87. The van der Waals surface area contributed by atoms with Crippen molar-refractivity contribution in [1.29, 1.82) is 0 Å². The lowest BCUT2D eigenvalue weighted by Crippen LogP contribution is -2.28. The summed E-state index contributed by atoms with van der Waals surface area (Å²) in [4.78, 5) is 28.2. The molecule has 3 heterocycles. The van der Waals surface area contributed by atoms with Gasteiger partial charge in [0.2, 0.25) is 5.82 Å². The van der Waals surface area contributed by atoms with Crippen molar-refractivity contribution in [2.75, 3.05) is 12.8 Å². The molecule has 0 spiro atoms. The number of pyridine rings is 1. The molecule has 0 bridgehead atoms. The van der Waals surface area contributed by atoms with Gasteiger partial charge in [0.05, 0.1) is 17.9 Å². The molecule has 0 saturated heterocycles. The van der Waals surface area contributed by atoms with E-state index in [4.69, 9.17) is 17.3 Å². The molecule has 0 unspecified atom stereocenters. The molecule has 28 heavy (non-hydrogen) atoms. The number of nitrogens with zero attached hydrogens (tertiary/aromatic N) is 7. The third-order valence-electron chi connectivity index (χ3n) is 4.14. The van der Waals surface area contributed by atoms with Crippen LogP contribution >= 0.6 is 11.6 Å². The number of carbonyl (C=O) groups excluding carboxylic acids is 1. The largest absolute Gasteiger partial charge is 0.382 e. The second kappa shape index (κ2) is 7.20. The fourth-order valence-electron chi connectivity index (χ4n) is 2.83. The van der Waals surface area contributed by atoms with E-state index in [-0.39, 0.29) is 22.5 Å². The lowest BCUT2D eigenvalue weighted by Gasteiger charge is -2.18. The number of rotatable bonds is 4. The van der Waals surface area contributed by atoms with E-state index < -0.39 is 5.91 Å². The lowest BCUT2D eigenvalue weighted by atomic mass is 10.1. The summed E-state index contributed by atoms with van der Waals surface area (Å²) in [6.07, 6.45) is 4.66. The average Bonchev–Trinajstić information content (AvgIpc) is 3.23. The van der Waals surface area contributed by atoms with Crippen LogP contribution in [0.5, 0.6) is 0 Å². The second-order valence-corrected chi connectivity index (χ2v) is 6.40. The normalized spacial score (nSPS) is 10.9. The highest BCUT2D eigenvalue weighted by molar-refractivity contribution is 6.31. The molecule has 1 aromatic carbocycles. The van der Waals surface area contributed by atoms with E-state index in [0.717, 1.165) is 16.5 Å². The Morgan fingerprint density at radius 3 is 2.68 bits per heavy atom. The molecule has 9 nitrogen and oxygen atoms in total. The number of halogens is 1. The smallest absolute Gasteiger partial charge is 0.276 e. The molecule has 0 saturated carbocycles. The van der Waals surface area contributed by atoms with Gasteiger partial charge >= 0.3 is 0 Å². The molecule has 0 aliphatic heterocycles. The average molecular weight is 395 g/mol. The Balaban J connectivity index is 1.63. The minimum atomic E-state index is -0.403. The number of para-hydroxylation sites is 1. The molecular weight excluding hydrogens is 380 g/mol. The molecule has 2 N–H and O–H groups in total. The maximum absolute atomic E-state index is 12.9. The van der Waals surface area contributed by atoms with Gasteiger partial charge in [0.15, 0.2) is 16.7 Å². The van der Waals surface area contributed by atoms with Crippen molar-refractivity contribution < 1.29 is 4.79 Å². The molecule has 1 amide bonds. The summed E-state index contributed by atoms with van der Waals surface area (Å²) in [7, 11) is 1.65. The fraction of sp³-hybridized carbons (Fsp3) is 0.111. The van der Waals surface area contributed by atoms with Crippen LogP contribution in [-0.4, -0.2) is 47.8 Å². The first-order chi connectivity index (χ1) is 13.5. The van der Waals surface area contributed by atoms with Crippen LogP contribution in [0.2, 0.25) is 5.15 Å². The molecule has 0 radical (unpaired) electrons. The summed E-state index contributed by atoms with van der Waals surface area (Å²) in [5.41, 5.74) is 7.67. The standard InChI is InChI=1S/C18H15ClN8O/c1-26(10-12-5-2-4-11-6-3-7-21-13(11)12)18(28)14-16(20)25-17(15(19)24-14)27-22-8-9-23-27/h2-9H,10H2,1H3,(H2,20,25). The molecule has 3 aromatic heterocycles. The van der Waals surface area contributed by atoms with Crippen LogP contribution in [-0.2, 0) is 6.54 Å². The predicted molar refractivity (Wildman–Crippen MR) is 104 cm³/mol. The van der Waals surface area contributed by atoms with Crippen LogP contribution in [0.25, 0.3) is 16.7 Å². The number of carbonyl (C=O) groups is 1. The van der Waals surface area contributed by atoms with Gasteiger partial charge in [-0.1, -0.05) is 35.9 Å². The Hall–Kier alpha value is -3.59. The van der Waals surface area contributed by atoms with E-state index >= 15 is 0 Å². The molecule has 0 atom stereocenters. The van der Waals surface area contributed by atoms with Gasteiger partial charge in [0.1, 0.15) is 0 Å². The maximum atomic E-state index is 12.9. The molecule has 10 heteroatoms. The number of nitrogens with two attached hydrogens (primary N) is 1. The highest BCUT2D eigenvalue weighted by atomic mass is 35.5. The van der Waals surface area contributed by atoms with Gasteiger partial charge in [-0.3, -0.25) is 9.78 Å². The van der Waals surface area contributed by atoms with Gasteiger partial charge in [0.25, 0.3) is 5.91 Å². The van der Waals surface area contributed by atoms with Crippen molar-refractivity contribution in [2.45, 2.75) is 6.54 Å². The van der Waals surface area contributed by atoms with Crippen molar-refractivity contribution in [1.82, 2.24) is 34.8 Å². The van der Waals surface area contributed by atoms with Gasteiger partial charge in [0, 0.05) is 25.2 Å². The fourth-order valence-corrected chi connectivity index (χ4v) is 3.03. The quantitative estimate of drug-likeness (QED) is 0.563. The minimum Gasteiger partial charge on any atom is -0.382 e. The topological polar surface area (TPSA) is 116 Å². The van der Waals surface area contributed by atoms with Crippen LogP contribution < -0.4 is 5.73 Å². The minimum absolute atomic E-state index is 0.0195. The van der Waals surface area contributed by atoms with Crippen LogP contribution in [0.3, 0.4) is 0 Å². The van der Waals surface area contributed by atoms with Crippen molar-refractivity contribution in [2.24, 2.45) is 0 Å². The number of fused-ring (bicyclic) bond motifs is 1. The Kier molecular flexibility index (Phi) is 4.58. The molecular formula is C18H15ClN8O. The van der Waals surface area contributed by atoms with Crippen LogP contribution in [0.15, 0.2) is 48.9 Å². The van der Waals surface area contributed by atoms with E-state index in [0.29, 0.717) is 6.54 Å². The maximum Gasteiger partial charge on any atom is 0.276 e. The number of hydrogen-bond acceptors (Lipinski definition) is 7. The van der Waals surface area contributed by atoms with Crippen LogP contribution in [0.1, 0.15) is 16.1 Å². The van der Waals surface area contributed by atoms with E-state index in [1.54, 1.807) is 13.2 Å². The van der Waals surface area contributed by atoms with Gasteiger partial charge in [-0.15, -0.1) is 4.80 Å². The Morgan fingerprint density at radius 1 is 1.14 bits per heavy atom. The predicted octanol–water partition coefficient (Wildman–Crippen LogP) is 2.11. The summed E-state index contributed by atoms with van der Waals surface area (Å²) in [5.74, 6) is -0.300. The summed E-state index contributed by atoms with van der Waals surface area (Å²) in [6.45, 7) is 0.328. The van der Waals surface area contributed by atoms with Crippen molar-refractivity contribution in [3.05, 3.63) is 65.3 Å². The molecule has 4 rings (SSSR count). The van der Waals surface area contributed by atoms with Gasteiger partial charge in [-0.05, 0) is 11.6 Å². The van der Waals surface area contributed by atoms with E-state index in [9.17, 15) is 4.79 Å². The number of aromatic nitrogens is 6. The van der Waals surface area contributed by atoms with E-state index in [1.165, 1.54) is 22.1 Å². The Labute approximate surface area is 164 Å². The molecule has 4 aromatic rings. The first kappa shape index (κ1) is 17.8. The van der Waals surface area contributed by atoms with Crippen molar-refractivity contribution >= 4 is 34.2 Å². The van der Waals surface area contributed by atoms with Gasteiger partial charge in [-0.2, -0.15) is 10.2 Å². The summed E-state index contributed by atoms with van der Waals surface area (Å²) >= 11 is 6.17. The van der Waals surface area contributed by atoms with Gasteiger partial charge in [-0.25, -0.2) is 9.97 Å². The number of nitrogen functional groups attached to an aromatic ring is 1. The summed E-state index contributed by atoms with van der Waals surface area (Å²) in [6, 6.07) is 9.66. The molecule has 0 aliphatic carbocycles. The molecule has 0 fully saturated rings. The van der Waals surface area contributed by atoms with Crippen molar-refractivity contribution in [3.8, 4) is 5.82 Å². The SMILES string of the molecule is CN(Cc1cccc2cccnc12)C(=O)c1nc(Cl)c(-n2nccn2)nc1N. The number of benzene rings is 1. The third kappa shape index (κ3) is 3.23. The second-order valence-electron chi connectivity index (χ2n) is 6.04. The number of hydrogen-bond donors (Lipinski definition) is 1. The first-order valence-corrected chi connectivity index (χ1v) is 8.70.